The molecule has 0 bridgehead atoms. The van der Waals surface area contributed by atoms with Gasteiger partial charge < -0.3 is 9.94 Å². The number of nitrogens with zero attached hydrogens (tertiary/aromatic N) is 1. The number of hydroxylamine groups is 1. The molecule has 1 saturated heterocycles. The maximum atomic E-state index is 12.8. The van der Waals surface area contributed by atoms with Crippen molar-refractivity contribution in [1.29, 1.82) is 0 Å². The minimum absolute atomic E-state index is 0.476. The van der Waals surface area contributed by atoms with Crippen molar-refractivity contribution in [2.24, 2.45) is 5.92 Å². The predicted octanol–water partition coefficient (Wildman–Crippen LogP) is 3.11. The Morgan fingerprint density at radius 1 is 1.32 bits per heavy atom. The normalized spacial score (nSPS) is 24.6. The van der Waals surface area contributed by atoms with E-state index in [-0.39, 0.29) is 0 Å². The lowest BCUT2D eigenvalue weighted by Crippen LogP contribution is -2.29. The summed E-state index contributed by atoms with van der Waals surface area (Å²) in [6.07, 6.45) is 2.35. The van der Waals surface area contributed by atoms with Crippen molar-refractivity contribution >= 4 is 12.6 Å². The highest BCUT2D eigenvalue weighted by Crippen LogP contribution is 2.50. The molecule has 5 heteroatoms. The van der Waals surface area contributed by atoms with E-state index in [1.54, 1.807) is 0 Å². The first kappa shape index (κ1) is 14.6. The van der Waals surface area contributed by atoms with Gasteiger partial charge in [0.1, 0.15) is 5.75 Å². The molecule has 19 heavy (non-hydrogen) atoms. The van der Waals surface area contributed by atoms with Crippen LogP contribution < -0.4 is 10.0 Å². The molecule has 0 aromatic heterocycles. The van der Waals surface area contributed by atoms with E-state index in [1.807, 2.05) is 24.3 Å². The second-order valence-corrected chi connectivity index (χ2v) is 8.26. The highest BCUT2D eigenvalue weighted by Gasteiger charge is 2.34. The average Bonchev–Trinajstić information content (AvgIpc) is 2.40. The first-order valence-electron chi connectivity index (χ1n) is 6.82. The Bertz CT molecular complexity index is 458. The standard InChI is InChI=1S/C14H22NO3P/c1-12(2)11-18-13-5-7-14(8-6-13)19(17)10-4-3-9-15(19)16/h5-8,12,16H,3-4,9-11H2,1-2H3. The molecule has 1 aromatic carbocycles. The summed E-state index contributed by atoms with van der Waals surface area (Å²) in [6, 6.07) is 7.29. The maximum Gasteiger partial charge on any atom is 0.200 e. The van der Waals surface area contributed by atoms with Gasteiger partial charge in [0, 0.05) is 18.0 Å². The van der Waals surface area contributed by atoms with E-state index >= 15 is 0 Å². The van der Waals surface area contributed by atoms with E-state index in [4.69, 9.17) is 4.74 Å². The van der Waals surface area contributed by atoms with Gasteiger partial charge in [-0.25, -0.2) is 0 Å². The Hall–Kier alpha value is -0.830. The second-order valence-electron chi connectivity index (χ2n) is 5.43. The zero-order valence-electron chi connectivity index (χ0n) is 11.6. The zero-order valence-corrected chi connectivity index (χ0v) is 12.5. The molecule has 2 rings (SSSR count). The van der Waals surface area contributed by atoms with E-state index in [0.717, 1.165) is 23.4 Å². The van der Waals surface area contributed by atoms with E-state index < -0.39 is 7.29 Å². The number of hydrogen-bond acceptors (Lipinski definition) is 3. The van der Waals surface area contributed by atoms with Gasteiger partial charge in [-0.05, 0) is 43.0 Å². The van der Waals surface area contributed by atoms with Crippen molar-refractivity contribution in [3.8, 4) is 5.75 Å². The third kappa shape index (κ3) is 3.38. The van der Waals surface area contributed by atoms with Crippen LogP contribution in [0.4, 0.5) is 0 Å². The smallest absolute Gasteiger partial charge is 0.200 e. The fourth-order valence-electron chi connectivity index (χ4n) is 2.16. The van der Waals surface area contributed by atoms with E-state index in [0.29, 0.717) is 30.5 Å². The van der Waals surface area contributed by atoms with Crippen LogP contribution in [0.15, 0.2) is 24.3 Å². The fourth-order valence-corrected chi connectivity index (χ4v) is 4.64. The summed E-state index contributed by atoms with van der Waals surface area (Å²) >= 11 is 0. The average molecular weight is 283 g/mol. The van der Waals surface area contributed by atoms with Crippen LogP contribution in [0.3, 0.4) is 0 Å². The quantitative estimate of drug-likeness (QED) is 0.863. The van der Waals surface area contributed by atoms with Crippen LogP contribution >= 0.6 is 7.29 Å². The van der Waals surface area contributed by atoms with Crippen LogP contribution in [-0.4, -0.2) is 29.4 Å². The van der Waals surface area contributed by atoms with Gasteiger partial charge in [-0.1, -0.05) is 13.8 Å². The molecule has 1 N–H and O–H groups in total. The lowest BCUT2D eigenvalue weighted by Gasteiger charge is -2.30. The predicted molar refractivity (Wildman–Crippen MR) is 76.6 cm³/mol. The van der Waals surface area contributed by atoms with Crippen LogP contribution in [0.1, 0.15) is 26.7 Å². The molecule has 0 amide bonds. The SMILES string of the molecule is CC(C)COc1ccc(P2(=O)CCCCN2O)cc1. The molecular weight excluding hydrogens is 261 g/mol. The van der Waals surface area contributed by atoms with Crippen LogP contribution in [-0.2, 0) is 4.57 Å². The van der Waals surface area contributed by atoms with Gasteiger partial charge in [-0.3, -0.25) is 4.57 Å². The van der Waals surface area contributed by atoms with Crippen molar-refractivity contribution in [2.75, 3.05) is 19.3 Å². The minimum Gasteiger partial charge on any atom is -0.493 e. The summed E-state index contributed by atoms with van der Waals surface area (Å²) in [5, 5.41) is 10.6. The lowest BCUT2D eigenvalue weighted by atomic mass is 10.2. The molecule has 1 aliphatic rings. The summed E-state index contributed by atoms with van der Waals surface area (Å²) in [7, 11) is -2.78. The number of rotatable bonds is 4. The Morgan fingerprint density at radius 3 is 2.58 bits per heavy atom. The molecule has 0 saturated carbocycles. The van der Waals surface area contributed by atoms with Gasteiger partial charge in [-0.15, -0.1) is 4.83 Å². The maximum absolute atomic E-state index is 12.8. The van der Waals surface area contributed by atoms with Crippen LogP contribution in [0.25, 0.3) is 0 Å². The summed E-state index contributed by atoms with van der Waals surface area (Å²) in [5.41, 5.74) is 0. The van der Waals surface area contributed by atoms with E-state index in [2.05, 4.69) is 13.8 Å². The van der Waals surface area contributed by atoms with Gasteiger partial charge in [0.25, 0.3) is 0 Å². The molecule has 1 fully saturated rings. The van der Waals surface area contributed by atoms with Crippen molar-refractivity contribution < 1.29 is 14.5 Å². The van der Waals surface area contributed by atoms with Crippen LogP contribution in [0.5, 0.6) is 5.75 Å². The molecule has 1 aromatic rings. The van der Waals surface area contributed by atoms with Gasteiger partial charge in [0.15, 0.2) is 0 Å². The lowest BCUT2D eigenvalue weighted by molar-refractivity contribution is -0.00423. The van der Waals surface area contributed by atoms with Gasteiger partial charge in [0.2, 0.25) is 7.29 Å². The Kier molecular flexibility index (Phi) is 4.67. The largest absolute Gasteiger partial charge is 0.493 e. The number of benzene rings is 1. The van der Waals surface area contributed by atoms with E-state index in [1.165, 1.54) is 0 Å². The Morgan fingerprint density at radius 2 is 2.00 bits per heavy atom. The van der Waals surface area contributed by atoms with Gasteiger partial charge >= 0.3 is 0 Å². The highest BCUT2D eigenvalue weighted by atomic mass is 31.2. The topological polar surface area (TPSA) is 49.8 Å². The Balaban J connectivity index is 2.11. The molecule has 1 unspecified atom stereocenters. The molecule has 1 atom stereocenters. The third-order valence-corrected chi connectivity index (χ3v) is 6.24. The molecule has 4 nitrogen and oxygen atoms in total. The molecule has 1 aliphatic heterocycles. The molecular formula is C14H22NO3P. The van der Waals surface area contributed by atoms with Crippen LogP contribution in [0, 0.1) is 5.92 Å². The molecule has 1 heterocycles. The first-order valence-corrected chi connectivity index (χ1v) is 8.66. The highest BCUT2D eigenvalue weighted by molar-refractivity contribution is 7.69. The second kappa shape index (κ2) is 6.08. The summed E-state index contributed by atoms with van der Waals surface area (Å²) in [6.45, 7) is 5.35. The third-order valence-electron chi connectivity index (χ3n) is 3.27. The van der Waals surface area contributed by atoms with Crippen LogP contribution in [0.2, 0.25) is 0 Å². The molecule has 0 radical (unpaired) electrons. The zero-order chi connectivity index (χ0) is 13.9. The first-order chi connectivity index (χ1) is 9.02. The molecule has 106 valence electrons. The Labute approximate surface area is 114 Å². The summed E-state index contributed by atoms with van der Waals surface area (Å²) in [5.74, 6) is 1.26. The van der Waals surface area contributed by atoms with Crippen molar-refractivity contribution in [3.63, 3.8) is 0 Å². The fraction of sp³-hybridized carbons (Fsp3) is 0.571. The van der Waals surface area contributed by atoms with E-state index in [9.17, 15) is 9.77 Å². The monoisotopic (exact) mass is 283 g/mol. The van der Waals surface area contributed by atoms with Gasteiger partial charge in [0.05, 0.1) is 6.61 Å². The van der Waals surface area contributed by atoms with Crippen molar-refractivity contribution in [3.05, 3.63) is 24.3 Å². The number of hydrogen-bond donors (Lipinski definition) is 1. The molecule has 0 aliphatic carbocycles. The van der Waals surface area contributed by atoms with Gasteiger partial charge in [-0.2, -0.15) is 0 Å². The molecule has 0 spiro atoms. The summed E-state index contributed by atoms with van der Waals surface area (Å²) in [4.78, 5) is 1.04. The van der Waals surface area contributed by atoms with Crippen molar-refractivity contribution in [1.82, 2.24) is 4.83 Å². The van der Waals surface area contributed by atoms with Crippen molar-refractivity contribution in [2.45, 2.75) is 26.7 Å². The minimum atomic E-state index is -2.78. The summed E-state index contributed by atoms with van der Waals surface area (Å²) < 4.78 is 18.4. The number of ether oxygens (including phenoxy) is 1.